The Hall–Kier alpha value is -4.09. The van der Waals surface area contributed by atoms with E-state index in [0.29, 0.717) is 25.7 Å². The predicted octanol–water partition coefficient (Wildman–Crippen LogP) is 7.63. The van der Waals surface area contributed by atoms with E-state index in [9.17, 15) is 4.79 Å². The van der Waals surface area contributed by atoms with Gasteiger partial charge >= 0.3 is 6.09 Å². The van der Waals surface area contributed by atoms with Gasteiger partial charge in [-0.1, -0.05) is 109 Å². The number of aryl methyl sites for hydroxylation is 2. The van der Waals surface area contributed by atoms with Gasteiger partial charge in [0.25, 0.3) is 0 Å². The van der Waals surface area contributed by atoms with Crippen molar-refractivity contribution in [2.24, 2.45) is 0 Å². The lowest BCUT2D eigenvalue weighted by molar-refractivity contribution is 0.0543. The molecule has 0 unspecified atom stereocenters. The van der Waals surface area contributed by atoms with E-state index in [-0.39, 0.29) is 12.1 Å². The standard InChI is InChI=1S/C37H43N3O2/c1-29-13-12-14-30(2)36(29)38-34-21-23-39(24-22-34)37(41)42-28-35(25-31-15-6-3-7-16-31)40(26-32-17-8-4-9-18-32)27-33-19-10-5-11-20-33/h3-20,34-35,38H,21-28H2,1-2H3/t35-/m0/s1. The molecule has 5 rings (SSSR count). The predicted molar refractivity (Wildman–Crippen MR) is 172 cm³/mol. The first-order chi connectivity index (χ1) is 20.5. The average Bonchev–Trinajstić information content (AvgIpc) is 3.02. The van der Waals surface area contributed by atoms with Gasteiger partial charge in [0, 0.05) is 44.0 Å². The van der Waals surface area contributed by atoms with Crippen molar-refractivity contribution in [2.45, 2.75) is 58.3 Å². The fraction of sp³-hybridized carbons (Fsp3) is 0.324. The lowest BCUT2D eigenvalue weighted by atomic mass is 10.0. The van der Waals surface area contributed by atoms with Crippen LogP contribution in [-0.4, -0.2) is 47.7 Å². The van der Waals surface area contributed by atoms with Crippen LogP contribution in [0.3, 0.4) is 0 Å². The van der Waals surface area contributed by atoms with Crippen molar-refractivity contribution in [1.29, 1.82) is 0 Å². The van der Waals surface area contributed by atoms with Crippen LogP contribution in [0.4, 0.5) is 10.5 Å². The maximum Gasteiger partial charge on any atom is 0.409 e. The van der Waals surface area contributed by atoms with E-state index in [2.05, 4.69) is 127 Å². The van der Waals surface area contributed by atoms with Gasteiger partial charge in [0.05, 0.1) is 0 Å². The van der Waals surface area contributed by atoms with E-state index in [1.807, 2.05) is 11.0 Å². The summed E-state index contributed by atoms with van der Waals surface area (Å²) in [4.78, 5) is 17.7. The van der Waals surface area contributed by atoms with E-state index in [0.717, 1.165) is 32.4 Å². The number of nitrogens with one attached hydrogen (secondary N) is 1. The molecule has 1 fully saturated rings. The number of nitrogens with zero attached hydrogens (tertiary/aromatic N) is 2. The van der Waals surface area contributed by atoms with Crippen LogP contribution < -0.4 is 5.32 Å². The summed E-state index contributed by atoms with van der Waals surface area (Å²) in [5.74, 6) is 0. The average molecular weight is 562 g/mol. The minimum Gasteiger partial charge on any atom is -0.448 e. The largest absolute Gasteiger partial charge is 0.448 e. The SMILES string of the molecule is Cc1cccc(C)c1NC1CCN(C(=O)OC[C@H](Cc2ccccc2)N(Cc2ccccc2)Cc2ccccc2)CC1. The van der Waals surface area contributed by atoms with Crippen LogP contribution in [0.15, 0.2) is 109 Å². The zero-order valence-electron chi connectivity index (χ0n) is 24.9. The van der Waals surface area contributed by atoms with Crippen LogP contribution in [0, 0.1) is 13.8 Å². The van der Waals surface area contributed by atoms with Gasteiger partial charge in [-0.25, -0.2) is 4.79 Å². The van der Waals surface area contributed by atoms with Crippen molar-refractivity contribution in [1.82, 2.24) is 9.80 Å². The molecule has 0 aliphatic carbocycles. The van der Waals surface area contributed by atoms with Crippen LogP contribution in [0.1, 0.15) is 40.7 Å². The van der Waals surface area contributed by atoms with E-state index in [1.54, 1.807) is 0 Å². The Balaban J connectivity index is 1.25. The number of para-hydroxylation sites is 1. The second-order valence-electron chi connectivity index (χ2n) is 11.5. The molecule has 42 heavy (non-hydrogen) atoms. The fourth-order valence-corrected chi connectivity index (χ4v) is 5.84. The summed E-state index contributed by atoms with van der Waals surface area (Å²) in [5, 5.41) is 3.73. The third-order valence-electron chi connectivity index (χ3n) is 8.27. The molecule has 5 heteroatoms. The highest BCUT2D eigenvalue weighted by molar-refractivity contribution is 5.68. The number of likely N-dealkylation sites (tertiary alicyclic amines) is 1. The topological polar surface area (TPSA) is 44.8 Å². The minimum atomic E-state index is -0.210. The van der Waals surface area contributed by atoms with Crippen molar-refractivity contribution in [2.75, 3.05) is 25.0 Å². The second-order valence-corrected chi connectivity index (χ2v) is 11.5. The summed E-state index contributed by atoms with van der Waals surface area (Å²) in [6.07, 6.45) is 2.41. The van der Waals surface area contributed by atoms with Gasteiger partial charge < -0.3 is 15.0 Å². The van der Waals surface area contributed by atoms with Crippen LogP contribution >= 0.6 is 0 Å². The van der Waals surface area contributed by atoms with E-state index in [1.165, 1.54) is 33.5 Å². The maximum absolute atomic E-state index is 13.3. The molecule has 0 radical (unpaired) electrons. The molecule has 0 aromatic heterocycles. The van der Waals surface area contributed by atoms with Gasteiger partial charge in [-0.05, 0) is 60.9 Å². The Morgan fingerprint density at radius 3 is 1.79 bits per heavy atom. The summed E-state index contributed by atoms with van der Waals surface area (Å²) in [6.45, 7) is 7.58. The summed E-state index contributed by atoms with van der Waals surface area (Å²) >= 11 is 0. The molecule has 1 amide bonds. The zero-order valence-corrected chi connectivity index (χ0v) is 24.9. The lowest BCUT2D eigenvalue weighted by Crippen LogP contribution is -2.45. The molecule has 0 bridgehead atoms. The summed E-state index contributed by atoms with van der Waals surface area (Å²) in [5.41, 5.74) is 7.48. The molecule has 0 spiro atoms. The van der Waals surface area contributed by atoms with Crippen molar-refractivity contribution >= 4 is 11.8 Å². The Morgan fingerprint density at radius 2 is 1.26 bits per heavy atom. The second kappa shape index (κ2) is 14.7. The number of benzene rings is 4. The molecule has 1 N–H and O–H groups in total. The normalized spacial score (nSPS) is 14.5. The lowest BCUT2D eigenvalue weighted by Gasteiger charge is -2.35. The van der Waals surface area contributed by atoms with Crippen molar-refractivity contribution < 1.29 is 9.53 Å². The number of hydrogen-bond donors (Lipinski definition) is 1. The Bertz CT molecular complexity index is 1320. The van der Waals surface area contributed by atoms with Gasteiger partial charge in [0.15, 0.2) is 0 Å². The summed E-state index contributed by atoms with van der Waals surface area (Å²) in [6, 6.07) is 38.4. The van der Waals surface area contributed by atoms with Crippen molar-refractivity contribution in [3.05, 3.63) is 137 Å². The monoisotopic (exact) mass is 561 g/mol. The Morgan fingerprint density at radius 1 is 0.762 bits per heavy atom. The first kappa shape index (κ1) is 29.4. The van der Waals surface area contributed by atoms with E-state index in [4.69, 9.17) is 4.74 Å². The molecular weight excluding hydrogens is 518 g/mol. The first-order valence-electron chi connectivity index (χ1n) is 15.2. The summed E-state index contributed by atoms with van der Waals surface area (Å²) < 4.78 is 6.09. The molecule has 1 heterocycles. The quantitative estimate of drug-likeness (QED) is 0.205. The molecule has 5 nitrogen and oxygen atoms in total. The molecule has 1 aliphatic heterocycles. The molecule has 1 atom stereocenters. The van der Waals surface area contributed by atoms with Crippen molar-refractivity contribution in [3.8, 4) is 0 Å². The number of amides is 1. The summed E-state index contributed by atoms with van der Waals surface area (Å²) in [7, 11) is 0. The van der Waals surface area contributed by atoms with Gasteiger partial charge in [-0.15, -0.1) is 0 Å². The highest BCUT2D eigenvalue weighted by Gasteiger charge is 2.27. The molecule has 218 valence electrons. The van der Waals surface area contributed by atoms with Crippen LogP contribution in [0.25, 0.3) is 0 Å². The number of ether oxygens (including phenoxy) is 1. The first-order valence-corrected chi connectivity index (χ1v) is 15.2. The van der Waals surface area contributed by atoms with Crippen LogP contribution in [0.5, 0.6) is 0 Å². The van der Waals surface area contributed by atoms with Gasteiger partial charge in [-0.2, -0.15) is 0 Å². The number of anilines is 1. The van der Waals surface area contributed by atoms with E-state index < -0.39 is 0 Å². The van der Waals surface area contributed by atoms with Gasteiger partial charge in [0.1, 0.15) is 6.61 Å². The molecule has 1 saturated heterocycles. The maximum atomic E-state index is 13.3. The van der Waals surface area contributed by atoms with Crippen LogP contribution in [0.2, 0.25) is 0 Å². The molecule has 4 aromatic carbocycles. The molecular formula is C37H43N3O2. The fourth-order valence-electron chi connectivity index (χ4n) is 5.84. The minimum absolute atomic E-state index is 0.0278. The Kier molecular flexibility index (Phi) is 10.3. The number of carbonyl (C=O) groups is 1. The highest BCUT2D eigenvalue weighted by Crippen LogP contribution is 2.24. The molecule has 0 saturated carbocycles. The number of hydrogen-bond acceptors (Lipinski definition) is 4. The van der Waals surface area contributed by atoms with E-state index >= 15 is 0 Å². The highest BCUT2D eigenvalue weighted by atomic mass is 16.6. The molecule has 1 aliphatic rings. The third-order valence-corrected chi connectivity index (χ3v) is 8.27. The zero-order chi connectivity index (χ0) is 29.1. The number of piperidine rings is 1. The van der Waals surface area contributed by atoms with Crippen LogP contribution in [-0.2, 0) is 24.2 Å². The smallest absolute Gasteiger partial charge is 0.409 e. The molecule has 4 aromatic rings. The van der Waals surface area contributed by atoms with Gasteiger partial charge in [-0.3, -0.25) is 4.90 Å². The van der Waals surface area contributed by atoms with Crippen molar-refractivity contribution in [3.63, 3.8) is 0 Å². The number of carbonyl (C=O) groups excluding carboxylic acids is 1. The third kappa shape index (κ3) is 8.23. The Labute approximate surface area is 251 Å². The number of rotatable bonds is 11. The van der Waals surface area contributed by atoms with Gasteiger partial charge in [0.2, 0.25) is 0 Å².